The summed E-state index contributed by atoms with van der Waals surface area (Å²) in [6.07, 6.45) is 0. The zero-order chi connectivity index (χ0) is 57.3. The first-order valence-electron chi connectivity index (χ1n) is 26.6. The van der Waals surface area contributed by atoms with Gasteiger partial charge in [-0.2, -0.15) is 0 Å². The van der Waals surface area contributed by atoms with Gasteiger partial charge in [0.05, 0.1) is 33.4 Å². The third-order valence-electron chi connectivity index (χ3n) is 14.8. The molecule has 0 saturated carbocycles. The highest BCUT2D eigenvalue weighted by molar-refractivity contribution is 6.12. The van der Waals surface area contributed by atoms with Crippen LogP contribution in [0.3, 0.4) is 0 Å². The number of diazo groups is 3. The lowest BCUT2D eigenvalue weighted by Gasteiger charge is -2.38. The van der Waals surface area contributed by atoms with Crippen molar-refractivity contribution in [1.82, 2.24) is 0 Å². The van der Waals surface area contributed by atoms with Gasteiger partial charge in [-0.3, -0.25) is 0 Å². The van der Waals surface area contributed by atoms with Crippen LogP contribution in [0.15, 0.2) is 237 Å². The van der Waals surface area contributed by atoms with Crippen molar-refractivity contribution in [3.8, 4) is 35.5 Å². The van der Waals surface area contributed by atoms with Gasteiger partial charge in [-0.25, -0.2) is 0 Å². The molecule has 0 fully saturated rings. The Labute approximate surface area is 483 Å². The number of para-hydroxylation sites is 6. The summed E-state index contributed by atoms with van der Waals surface area (Å²) < 4.78 is 0. The summed E-state index contributed by atoms with van der Waals surface area (Å²) in [7, 11) is 0. The predicted octanol–water partition coefficient (Wildman–Crippen LogP) is 17.0. The molecule has 0 bridgehead atoms. The molecule has 0 unspecified atom stereocenters. The summed E-state index contributed by atoms with van der Waals surface area (Å²) in [5.74, 6) is 19.8. The minimum absolute atomic E-state index is 0.304. The molecule has 84 heavy (non-hydrogen) atoms. The Bertz CT molecular complexity index is 4180. The molecule has 0 spiro atoms. The van der Waals surface area contributed by atoms with Crippen molar-refractivity contribution in [2.75, 3.05) is 15.2 Å². The second kappa shape index (κ2) is 21.7. The topological polar surface area (TPSA) is 163 Å². The molecule has 0 N–H and O–H groups in total. The summed E-state index contributed by atoms with van der Waals surface area (Å²) in [6.45, 7) is 0. The molecule has 13 rings (SSSR count). The van der Waals surface area contributed by atoms with Crippen LogP contribution >= 0.6 is 0 Å². The summed E-state index contributed by atoms with van der Waals surface area (Å²) >= 11 is 0. The fraction of sp³-hybridized carbons (Fsp3) is 0. The van der Waals surface area contributed by atoms with Crippen LogP contribution in [0.4, 0.5) is 34.1 Å². The minimum atomic E-state index is 0.304. The monoisotopic (exact) mass is 1080 g/mol. The van der Waals surface area contributed by atoms with Gasteiger partial charge in [0.2, 0.25) is 16.2 Å². The van der Waals surface area contributed by atoms with E-state index in [0.717, 1.165) is 15.2 Å². The maximum Gasteiger partial charge on any atom is 0.400 e. The second-order valence-electron chi connectivity index (χ2n) is 19.7. The largest absolute Gasteiger partial charge is 0.754 e. The van der Waals surface area contributed by atoms with Gasteiger partial charge in [-0.15, -0.1) is 0 Å². The van der Waals surface area contributed by atoms with Crippen molar-refractivity contribution in [1.29, 1.82) is 16.2 Å². The Hall–Kier alpha value is -12.4. The van der Waals surface area contributed by atoms with Gasteiger partial charge in [-0.05, 0) is 127 Å². The molecular formula is C72H39N9O3. The number of fused-ring (bicyclic) bond motifs is 6. The Morgan fingerprint density at radius 1 is 0.262 bits per heavy atom. The van der Waals surface area contributed by atoms with Crippen LogP contribution in [0.25, 0.3) is 48.7 Å². The molecule has 3 aliphatic heterocycles. The van der Waals surface area contributed by atoms with Crippen molar-refractivity contribution in [3.63, 3.8) is 0 Å². The van der Waals surface area contributed by atoms with Gasteiger partial charge in [0.1, 0.15) is 0 Å². The van der Waals surface area contributed by atoms with E-state index in [2.05, 4.69) is 50.5 Å². The summed E-state index contributed by atoms with van der Waals surface area (Å²) in [4.78, 5) is 11.3. The Morgan fingerprint density at radius 2 is 0.452 bits per heavy atom. The number of nitrogens with zero attached hydrogens (tertiary/aromatic N) is 9. The van der Waals surface area contributed by atoms with Crippen molar-refractivity contribution < 1.29 is 0 Å². The van der Waals surface area contributed by atoms with E-state index in [9.17, 15) is 31.8 Å². The van der Waals surface area contributed by atoms with E-state index < -0.39 is 0 Å². The highest BCUT2D eigenvalue weighted by atomic mass is 16.5. The lowest BCUT2D eigenvalue weighted by atomic mass is 9.88. The van der Waals surface area contributed by atoms with E-state index in [1.54, 1.807) is 72.8 Å². The average Bonchev–Trinajstić information content (AvgIpc) is 2.32. The van der Waals surface area contributed by atoms with E-state index in [1.165, 1.54) is 0 Å². The molecule has 10 aromatic carbocycles. The lowest BCUT2D eigenvalue weighted by Crippen LogP contribution is -2.16. The zero-order valence-corrected chi connectivity index (χ0v) is 44.3. The molecular weight excluding hydrogens is 1040 g/mol. The van der Waals surface area contributed by atoms with Crippen molar-refractivity contribution in [3.05, 3.63) is 351 Å². The van der Waals surface area contributed by atoms with E-state index in [-0.39, 0.29) is 0 Å². The van der Waals surface area contributed by atoms with Crippen molar-refractivity contribution in [2.45, 2.75) is 0 Å². The van der Waals surface area contributed by atoms with E-state index in [1.807, 2.05) is 164 Å². The van der Waals surface area contributed by atoms with Gasteiger partial charge in [0, 0.05) is 101 Å². The first-order valence-corrected chi connectivity index (χ1v) is 26.6. The van der Waals surface area contributed by atoms with Crippen LogP contribution in [0.5, 0.6) is 0 Å². The average molecular weight is 1080 g/mol. The van der Waals surface area contributed by atoms with Crippen LogP contribution in [0.1, 0.15) is 83.5 Å². The van der Waals surface area contributed by atoms with Crippen LogP contribution in [0, 0.1) is 67.3 Å². The Balaban J connectivity index is 0.846. The highest BCUT2D eigenvalue weighted by Gasteiger charge is 2.34. The number of hydrogen-bond donors (Lipinski definition) is 0. The SMILES string of the molecule is N#[N+]C(=C1c2ccccc2N([O-])c2ccccc21)c1ccc(C#Cc2cc(C#Cc3ccc(C([N+]#N)=C4c5ccccc5N([O-])c5ccccc54)cc3)cc(C#Cc3ccc(C([N+]#N)=C4c5ccccc5N([O-])c5ccccc54)cc3)c2)cc1. The fourth-order valence-corrected chi connectivity index (χ4v) is 10.9. The number of hydrogen-bond acceptors (Lipinski definition) is 9. The zero-order valence-electron chi connectivity index (χ0n) is 44.3. The molecule has 0 atom stereocenters. The van der Waals surface area contributed by atoms with Crippen LogP contribution in [-0.2, 0) is 0 Å². The minimum Gasteiger partial charge on any atom is -0.754 e. The molecule has 3 aliphatic rings. The summed E-state index contributed by atoms with van der Waals surface area (Å²) in [5, 5.41) is 74.6. The molecule has 0 aromatic heterocycles. The van der Waals surface area contributed by atoms with E-state index in [0.29, 0.717) is 151 Å². The molecule has 10 aromatic rings. The summed E-state index contributed by atoms with van der Waals surface area (Å²) in [6, 6.07) is 71.1. The first-order chi connectivity index (χ1) is 41.3. The lowest BCUT2D eigenvalue weighted by molar-refractivity contribution is 1.25. The van der Waals surface area contributed by atoms with Crippen LogP contribution in [-0.4, -0.2) is 0 Å². The van der Waals surface area contributed by atoms with E-state index in [4.69, 9.17) is 0 Å². The number of rotatable bonds is 3. The normalized spacial score (nSPS) is 12.0. The Kier molecular flexibility index (Phi) is 13.2. The van der Waals surface area contributed by atoms with Crippen LogP contribution < -0.4 is 15.2 Å². The third kappa shape index (κ3) is 9.22. The molecule has 3 heterocycles. The summed E-state index contributed by atoms with van der Waals surface area (Å²) in [5.41, 5.74) is 15.2. The third-order valence-corrected chi connectivity index (χ3v) is 14.8. The predicted molar refractivity (Wildman–Crippen MR) is 332 cm³/mol. The standard InChI is InChI=1S/C72H39N9O3/c73-76-70(67-55-13-1-7-19-61(55)79(82)62-20-8-2-14-56(62)67)52-37-31-46(32-38-52)25-28-49-43-50(29-26-47-33-39-53(40-34-47)71(77-74)68-57-15-3-9-21-63(57)80(83)64-22-10-4-16-58(64)68)45-51(44-49)30-27-48-35-41-54(42-36-48)72(78-75)69-59-17-5-11-23-65(59)81(84)66-24-12-6-18-60(66)69/h1-24,31-45H. The van der Waals surface area contributed by atoms with Crippen molar-refractivity contribution in [2.24, 2.45) is 0 Å². The number of benzene rings is 10. The molecule has 12 nitrogen and oxygen atoms in total. The highest BCUT2D eigenvalue weighted by Crippen LogP contribution is 2.50. The maximum atomic E-state index is 13.4. The van der Waals surface area contributed by atoms with Gasteiger partial charge in [-0.1, -0.05) is 145 Å². The molecule has 0 amide bonds. The smallest absolute Gasteiger partial charge is 0.400 e. The molecule has 0 saturated heterocycles. The van der Waals surface area contributed by atoms with Gasteiger partial charge < -0.3 is 30.8 Å². The fourth-order valence-electron chi connectivity index (χ4n) is 10.9. The van der Waals surface area contributed by atoms with Crippen LogP contribution in [0.2, 0.25) is 0 Å². The maximum absolute atomic E-state index is 13.4. The molecule has 12 heteroatoms. The van der Waals surface area contributed by atoms with Gasteiger partial charge in [0.25, 0.3) is 0 Å². The van der Waals surface area contributed by atoms with Gasteiger partial charge >= 0.3 is 17.1 Å². The molecule has 0 aliphatic carbocycles. The second-order valence-corrected chi connectivity index (χ2v) is 19.7. The van der Waals surface area contributed by atoms with E-state index >= 15 is 0 Å². The first kappa shape index (κ1) is 51.1. The molecule has 0 radical (unpaired) electrons. The van der Waals surface area contributed by atoms with Gasteiger partial charge in [0.15, 0.2) is 14.9 Å². The molecule has 390 valence electrons. The Morgan fingerprint density at radius 3 is 0.655 bits per heavy atom. The van der Waals surface area contributed by atoms with Crippen molar-refractivity contribution >= 4 is 67.9 Å². The quantitative estimate of drug-likeness (QED) is 0.124. The number of anilines is 6.